The van der Waals surface area contributed by atoms with Crippen molar-refractivity contribution in [1.82, 2.24) is 14.8 Å². The summed E-state index contributed by atoms with van der Waals surface area (Å²) in [5.41, 5.74) is 1.28. The number of likely N-dealkylation sites (tertiary alicyclic amines) is 1. The molecule has 1 aromatic rings. The molecular weight excluding hydrogens is 316 g/mol. The summed E-state index contributed by atoms with van der Waals surface area (Å²) < 4.78 is 5.92. The topological polar surface area (TPSA) is 48.9 Å². The Morgan fingerprint density at radius 3 is 2.88 bits per heavy atom. The third kappa shape index (κ3) is 5.16. The second-order valence-electron chi connectivity index (χ2n) is 7.27. The number of pyridine rings is 1. The van der Waals surface area contributed by atoms with Crippen molar-refractivity contribution in [2.24, 2.45) is 0 Å². The van der Waals surface area contributed by atoms with Gasteiger partial charge in [0.25, 0.3) is 0 Å². The Bertz CT molecular complexity index is 572. The number of ether oxygens (including phenoxy) is 1. The van der Waals surface area contributed by atoms with Gasteiger partial charge in [-0.3, -0.25) is 9.69 Å². The van der Waals surface area contributed by atoms with Crippen LogP contribution in [0, 0.1) is 0 Å². The van der Waals surface area contributed by atoms with Crippen LogP contribution in [-0.2, 0) is 16.0 Å². The predicted molar refractivity (Wildman–Crippen MR) is 98.9 cm³/mol. The van der Waals surface area contributed by atoms with Gasteiger partial charge >= 0.3 is 0 Å². The van der Waals surface area contributed by atoms with Gasteiger partial charge in [-0.25, -0.2) is 4.98 Å². The molecule has 0 aromatic carbocycles. The Morgan fingerprint density at radius 1 is 1.32 bits per heavy atom. The van der Waals surface area contributed by atoms with Crippen molar-refractivity contribution in [3.63, 3.8) is 0 Å². The zero-order chi connectivity index (χ0) is 17.6. The van der Waals surface area contributed by atoms with Crippen LogP contribution in [0.25, 0.3) is 0 Å². The van der Waals surface area contributed by atoms with Gasteiger partial charge in [-0.15, -0.1) is 0 Å². The van der Waals surface area contributed by atoms with Gasteiger partial charge in [0.2, 0.25) is 5.91 Å². The first kappa shape index (κ1) is 18.1. The van der Waals surface area contributed by atoms with Crippen molar-refractivity contribution in [3.8, 4) is 0 Å². The van der Waals surface area contributed by atoms with Crippen molar-refractivity contribution in [2.45, 2.75) is 31.8 Å². The minimum absolute atomic E-state index is 0.205. The van der Waals surface area contributed by atoms with Crippen LogP contribution < -0.4 is 4.90 Å². The zero-order valence-electron chi connectivity index (χ0n) is 15.5. The molecule has 6 heteroatoms. The lowest BCUT2D eigenvalue weighted by Gasteiger charge is -2.33. The largest absolute Gasteiger partial charge is 0.376 e. The number of nitrogens with zero attached hydrogens (tertiary/aromatic N) is 4. The van der Waals surface area contributed by atoms with Crippen molar-refractivity contribution in [3.05, 3.63) is 23.9 Å². The van der Waals surface area contributed by atoms with Gasteiger partial charge in [0.1, 0.15) is 5.82 Å². The molecule has 2 fully saturated rings. The van der Waals surface area contributed by atoms with Crippen molar-refractivity contribution < 1.29 is 9.53 Å². The molecule has 0 spiro atoms. The summed E-state index contributed by atoms with van der Waals surface area (Å²) in [6, 6.07) is 4.21. The van der Waals surface area contributed by atoms with E-state index in [9.17, 15) is 4.79 Å². The fraction of sp³-hybridized carbons (Fsp3) is 0.684. The summed E-state index contributed by atoms with van der Waals surface area (Å²) in [4.78, 5) is 23.0. The molecule has 1 aromatic heterocycles. The van der Waals surface area contributed by atoms with Gasteiger partial charge in [0, 0.05) is 46.5 Å². The normalized spacial score (nSPS) is 21.5. The van der Waals surface area contributed by atoms with Crippen LogP contribution in [0.15, 0.2) is 18.3 Å². The van der Waals surface area contributed by atoms with Gasteiger partial charge in [-0.1, -0.05) is 0 Å². The van der Waals surface area contributed by atoms with E-state index < -0.39 is 0 Å². The first-order valence-corrected chi connectivity index (χ1v) is 9.36. The van der Waals surface area contributed by atoms with E-state index in [2.05, 4.69) is 22.0 Å². The van der Waals surface area contributed by atoms with E-state index in [1.165, 1.54) is 5.56 Å². The first-order chi connectivity index (χ1) is 12.1. The Morgan fingerprint density at radius 2 is 2.12 bits per heavy atom. The summed E-state index contributed by atoms with van der Waals surface area (Å²) in [5.74, 6) is 1.27. The minimum Gasteiger partial charge on any atom is -0.376 e. The molecule has 0 aliphatic carbocycles. The number of aryl methyl sites for hydroxylation is 1. The number of carbonyl (C=O) groups excluding carboxylic acids is 1. The molecule has 3 heterocycles. The molecule has 2 aliphatic rings. The monoisotopic (exact) mass is 346 g/mol. The maximum Gasteiger partial charge on any atom is 0.236 e. The number of carbonyl (C=O) groups is 1. The number of hydrogen-bond donors (Lipinski definition) is 0. The molecule has 25 heavy (non-hydrogen) atoms. The van der Waals surface area contributed by atoms with E-state index in [1.807, 2.05) is 30.1 Å². The van der Waals surface area contributed by atoms with Crippen molar-refractivity contribution in [2.75, 3.05) is 58.3 Å². The number of rotatable bonds is 6. The maximum atomic E-state index is 12.3. The van der Waals surface area contributed by atoms with E-state index in [1.54, 1.807) is 0 Å². The highest BCUT2D eigenvalue weighted by Crippen LogP contribution is 2.16. The Hall–Kier alpha value is -1.66. The minimum atomic E-state index is 0.205. The van der Waals surface area contributed by atoms with E-state index in [0.29, 0.717) is 6.54 Å². The molecular formula is C19H30N4O2. The molecule has 2 aliphatic heterocycles. The molecule has 0 N–H and O–H groups in total. The van der Waals surface area contributed by atoms with Crippen molar-refractivity contribution in [1.29, 1.82) is 0 Å². The van der Waals surface area contributed by atoms with Gasteiger partial charge in [-0.2, -0.15) is 0 Å². The van der Waals surface area contributed by atoms with Crippen LogP contribution in [-0.4, -0.2) is 80.2 Å². The second-order valence-corrected chi connectivity index (χ2v) is 7.27. The molecule has 1 amide bonds. The quantitative estimate of drug-likeness (QED) is 0.779. The van der Waals surface area contributed by atoms with E-state index in [4.69, 9.17) is 4.74 Å². The molecule has 0 saturated carbocycles. The summed E-state index contributed by atoms with van der Waals surface area (Å²) in [6.07, 6.45) is 6.33. The lowest BCUT2D eigenvalue weighted by Crippen LogP contribution is -2.47. The van der Waals surface area contributed by atoms with Crippen LogP contribution in [0.3, 0.4) is 0 Å². The third-order valence-corrected chi connectivity index (χ3v) is 5.06. The fourth-order valence-corrected chi connectivity index (χ4v) is 3.54. The molecule has 1 unspecified atom stereocenters. The predicted octanol–water partition coefficient (Wildman–Crippen LogP) is 1.40. The van der Waals surface area contributed by atoms with Crippen LogP contribution in [0.4, 0.5) is 5.82 Å². The number of morpholine rings is 1. The number of anilines is 1. The molecule has 6 nitrogen and oxygen atoms in total. The fourth-order valence-electron chi connectivity index (χ4n) is 3.54. The highest BCUT2D eigenvalue weighted by atomic mass is 16.5. The highest BCUT2D eigenvalue weighted by Gasteiger charge is 2.25. The lowest BCUT2D eigenvalue weighted by atomic mass is 10.1. The van der Waals surface area contributed by atoms with Crippen LogP contribution in [0.5, 0.6) is 0 Å². The molecule has 2 saturated heterocycles. The zero-order valence-corrected chi connectivity index (χ0v) is 15.5. The van der Waals surface area contributed by atoms with Gasteiger partial charge in [0.05, 0.1) is 19.3 Å². The summed E-state index contributed by atoms with van der Waals surface area (Å²) >= 11 is 0. The Balaban J connectivity index is 1.46. The average molecular weight is 346 g/mol. The molecule has 1 atom stereocenters. The second kappa shape index (κ2) is 8.63. The molecule has 0 radical (unpaired) electrons. The van der Waals surface area contributed by atoms with E-state index in [-0.39, 0.29) is 12.0 Å². The SMILES string of the molecule is CN(C)c1cc(CCC2CN(CC(=O)N3CCCC3)CCO2)ccn1. The third-order valence-electron chi connectivity index (χ3n) is 5.06. The summed E-state index contributed by atoms with van der Waals surface area (Å²) in [6.45, 7) is 4.84. The summed E-state index contributed by atoms with van der Waals surface area (Å²) in [5, 5.41) is 0. The van der Waals surface area contributed by atoms with E-state index in [0.717, 1.165) is 64.3 Å². The summed E-state index contributed by atoms with van der Waals surface area (Å²) in [7, 11) is 4.01. The highest BCUT2D eigenvalue weighted by molar-refractivity contribution is 5.78. The molecule has 3 rings (SSSR count). The molecule has 138 valence electrons. The maximum absolute atomic E-state index is 12.3. The van der Waals surface area contributed by atoms with E-state index >= 15 is 0 Å². The van der Waals surface area contributed by atoms with Crippen LogP contribution in [0.2, 0.25) is 0 Å². The smallest absolute Gasteiger partial charge is 0.236 e. The lowest BCUT2D eigenvalue weighted by molar-refractivity contribution is -0.133. The first-order valence-electron chi connectivity index (χ1n) is 9.36. The van der Waals surface area contributed by atoms with Gasteiger partial charge in [-0.05, 0) is 43.4 Å². The molecule has 0 bridgehead atoms. The standard InChI is InChI=1S/C19H30N4O2/c1-21(2)18-13-16(7-8-20-18)5-6-17-14-22(11-12-25-17)15-19(24)23-9-3-4-10-23/h7-8,13,17H,3-6,9-12,14-15H2,1-2H3. The van der Waals surface area contributed by atoms with Gasteiger partial charge < -0.3 is 14.5 Å². The Kier molecular flexibility index (Phi) is 6.26. The van der Waals surface area contributed by atoms with Crippen molar-refractivity contribution >= 4 is 11.7 Å². The number of hydrogen-bond acceptors (Lipinski definition) is 5. The average Bonchev–Trinajstić information content (AvgIpc) is 3.15. The van der Waals surface area contributed by atoms with Crippen LogP contribution in [0.1, 0.15) is 24.8 Å². The Labute approximate surface area is 150 Å². The number of aromatic nitrogens is 1. The van der Waals surface area contributed by atoms with Crippen LogP contribution >= 0.6 is 0 Å². The number of amides is 1. The van der Waals surface area contributed by atoms with Gasteiger partial charge in [0.15, 0.2) is 0 Å².